The van der Waals surface area contributed by atoms with E-state index in [0.717, 1.165) is 17.7 Å². The third-order valence-electron chi connectivity index (χ3n) is 6.20. The number of carbonyl (C=O) groups is 3. The predicted molar refractivity (Wildman–Crippen MR) is 126 cm³/mol. The molecule has 1 aliphatic heterocycles. The Balaban J connectivity index is 1.64. The summed E-state index contributed by atoms with van der Waals surface area (Å²) in [7, 11) is 1.17. The number of amides is 2. The number of carboxylic acids is 1. The third kappa shape index (κ3) is 6.13. The average molecular weight is 539 g/mol. The van der Waals surface area contributed by atoms with Crippen LogP contribution in [0.3, 0.4) is 0 Å². The van der Waals surface area contributed by atoms with Gasteiger partial charge in [-0.25, -0.2) is 14.6 Å². The van der Waals surface area contributed by atoms with Gasteiger partial charge in [0, 0.05) is 18.5 Å². The molecule has 1 aromatic heterocycles. The number of benzene rings is 1. The second-order valence-electron chi connectivity index (χ2n) is 9.20. The molecule has 1 aliphatic carbocycles. The Morgan fingerprint density at radius 2 is 2.03 bits per heavy atom. The van der Waals surface area contributed by atoms with Gasteiger partial charge in [0.05, 0.1) is 25.8 Å². The van der Waals surface area contributed by atoms with Crippen LogP contribution in [0, 0.1) is 5.92 Å². The summed E-state index contributed by atoms with van der Waals surface area (Å²) in [4.78, 5) is 42.3. The molecule has 0 radical (unpaired) electrons. The van der Waals surface area contributed by atoms with E-state index in [-0.39, 0.29) is 41.8 Å². The normalized spacial score (nSPS) is 19.8. The number of nitrogens with one attached hydrogen (secondary N) is 1. The van der Waals surface area contributed by atoms with E-state index in [1.54, 1.807) is 6.92 Å². The number of carboxylic acid groups (broad SMARTS) is 1. The van der Waals surface area contributed by atoms with Crippen LogP contribution in [0.2, 0.25) is 0 Å². The van der Waals surface area contributed by atoms with E-state index >= 15 is 0 Å². The molecule has 12 nitrogen and oxygen atoms in total. The van der Waals surface area contributed by atoms with E-state index < -0.39 is 42.7 Å². The molecule has 1 saturated heterocycles. The maximum Gasteiger partial charge on any atom is 0.407 e. The molecule has 0 bridgehead atoms. The molecule has 1 aromatic carbocycles. The SMILES string of the molecule is COC(=O)N[C@@H]1C[C@@H](C(=O)O)N(C(=O)c2nc(-c3ccc(OC(F)F)c(OCC4CC4)c3)oc2[C@H](C)N)C1. The van der Waals surface area contributed by atoms with Gasteiger partial charge < -0.3 is 39.7 Å². The largest absolute Gasteiger partial charge is 0.489 e. The minimum Gasteiger partial charge on any atom is -0.489 e. The molecule has 4 rings (SSSR count). The van der Waals surface area contributed by atoms with Crippen LogP contribution in [0.5, 0.6) is 11.5 Å². The number of hydrogen-bond donors (Lipinski definition) is 3. The summed E-state index contributed by atoms with van der Waals surface area (Å²) < 4.78 is 46.4. The first-order valence-corrected chi connectivity index (χ1v) is 11.9. The molecule has 2 heterocycles. The van der Waals surface area contributed by atoms with Crippen LogP contribution in [0.4, 0.5) is 13.6 Å². The lowest BCUT2D eigenvalue weighted by molar-refractivity contribution is -0.141. The summed E-state index contributed by atoms with van der Waals surface area (Å²) in [5, 5.41) is 12.2. The number of hydrogen-bond acceptors (Lipinski definition) is 9. The Morgan fingerprint density at radius 1 is 1.29 bits per heavy atom. The zero-order valence-electron chi connectivity index (χ0n) is 20.7. The van der Waals surface area contributed by atoms with Gasteiger partial charge in [-0.2, -0.15) is 8.78 Å². The number of nitrogens with two attached hydrogens (primary N) is 1. The Hall–Kier alpha value is -3.94. The molecule has 4 N–H and O–H groups in total. The maximum atomic E-state index is 13.5. The number of alkyl carbamates (subject to hydrolysis) is 1. The summed E-state index contributed by atoms with van der Waals surface area (Å²) in [6, 6.07) is 1.42. The lowest BCUT2D eigenvalue weighted by Gasteiger charge is -2.20. The number of methoxy groups -OCH3 is 1. The molecule has 2 fully saturated rings. The molecule has 2 aromatic rings. The van der Waals surface area contributed by atoms with E-state index in [2.05, 4.69) is 19.8 Å². The molecule has 0 spiro atoms. The molecule has 2 amide bonds. The summed E-state index contributed by atoms with van der Waals surface area (Å²) in [6.07, 6.45) is 1.17. The van der Waals surface area contributed by atoms with Gasteiger partial charge in [0.2, 0.25) is 5.89 Å². The van der Waals surface area contributed by atoms with Crippen molar-refractivity contribution in [1.82, 2.24) is 15.2 Å². The van der Waals surface area contributed by atoms with Gasteiger partial charge in [0.25, 0.3) is 5.91 Å². The summed E-state index contributed by atoms with van der Waals surface area (Å²) in [5.41, 5.74) is 6.13. The van der Waals surface area contributed by atoms with Crippen LogP contribution in [-0.4, -0.2) is 71.9 Å². The van der Waals surface area contributed by atoms with E-state index in [0.29, 0.717) is 18.1 Å². The fourth-order valence-corrected chi connectivity index (χ4v) is 4.12. The van der Waals surface area contributed by atoms with Crippen LogP contribution in [0.1, 0.15) is 48.5 Å². The summed E-state index contributed by atoms with van der Waals surface area (Å²) >= 11 is 0. The van der Waals surface area contributed by atoms with E-state index in [1.807, 2.05) is 0 Å². The molecular weight excluding hydrogens is 510 g/mol. The summed E-state index contributed by atoms with van der Waals surface area (Å²) in [6.45, 7) is -1.27. The van der Waals surface area contributed by atoms with Gasteiger partial charge in [0.1, 0.15) is 6.04 Å². The van der Waals surface area contributed by atoms with Crippen molar-refractivity contribution in [3.8, 4) is 23.0 Å². The van der Waals surface area contributed by atoms with Crippen molar-refractivity contribution in [3.05, 3.63) is 29.7 Å². The first-order valence-electron chi connectivity index (χ1n) is 11.9. The Bertz CT molecular complexity index is 1200. The first-order chi connectivity index (χ1) is 18.1. The minimum atomic E-state index is -3.06. The number of ether oxygens (including phenoxy) is 3. The van der Waals surface area contributed by atoms with Crippen LogP contribution >= 0.6 is 0 Å². The van der Waals surface area contributed by atoms with Crippen LogP contribution in [-0.2, 0) is 9.53 Å². The lowest BCUT2D eigenvalue weighted by atomic mass is 10.1. The van der Waals surface area contributed by atoms with Crippen LogP contribution in [0.15, 0.2) is 22.6 Å². The highest BCUT2D eigenvalue weighted by atomic mass is 19.3. The van der Waals surface area contributed by atoms with Crippen LogP contribution in [0.25, 0.3) is 11.5 Å². The van der Waals surface area contributed by atoms with E-state index in [1.165, 1.54) is 25.3 Å². The van der Waals surface area contributed by atoms with Gasteiger partial charge in [0.15, 0.2) is 23.0 Å². The molecule has 38 heavy (non-hydrogen) atoms. The summed E-state index contributed by atoms with van der Waals surface area (Å²) in [5.74, 6) is -1.81. The molecular formula is C24H28F2N4O8. The maximum absolute atomic E-state index is 13.5. The number of nitrogens with zero attached hydrogens (tertiary/aromatic N) is 2. The number of alkyl halides is 2. The zero-order valence-corrected chi connectivity index (χ0v) is 20.7. The van der Waals surface area contributed by atoms with Crippen molar-refractivity contribution < 1.29 is 46.9 Å². The highest BCUT2D eigenvalue weighted by Gasteiger charge is 2.42. The first kappa shape index (κ1) is 27.1. The quantitative estimate of drug-likeness (QED) is 0.409. The standard InChI is InChI=1S/C24H28F2N4O8/c1-11(27)19-18(21(31)30-9-14(28-24(34)35-2)8-15(30)22(32)33)29-20(38-19)13-5-6-16(37-23(25)26)17(7-13)36-10-12-3-4-12/h5-7,11-12,14-15,23H,3-4,8-10,27H2,1-2H3,(H,28,34)(H,32,33)/t11-,14+,15-/m0/s1. The molecule has 2 aliphatic rings. The van der Waals surface area contributed by atoms with Gasteiger partial charge in [-0.3, -0.25) is 4.79 Å². The number of carbonyl (C=O) groups excluding carboxylic acids is 2. The van der Waals surface area contributed by atoms with Gasteiger partial charge in [-0.05, 0) is 43.9 Å². The number of halogens is 2. The zero-order chi connectivity index (χ0) is 27.6. The van der Waals surface area contributed by atoms with Crippen LogP contribution < -0.4 is 20.5 Å². The number of rotatable bonds is 10. The Morgan fingerprint density at radius 3 is 2.63 bits per heavy atom. The van der Waals surface area contributed by atoms with Crippen molar-refractivity contribution >= 4 is 18.0 Å². The highest BCUT2D eigenvalue weighted by Crippen LogP contribution is 2.37. The second kappa shape index (κ2) is 11.2. The Labute approximate surface area is 216 Å². The van der Waals surface area contributed by atoms with E-state index in [4.69, 9.17) is 14.9 Å². The van der Waals surface area contributed by atoms with Crippen molar-refractivity contribution in [3.63, 3.8) is 0 Å². The monoisotopic (exact) mass is 538 g/mol. The minimum absolute atomic E-state index is 0.00636. The van der Waals surface area contributed by atoms with Gasteiger partial charge in [-0.15, -0.1) is 0 Å². The van der Waals surface area contributed by atoms with Crippen molar-refractivity contribution in [2.75, 3.05) is 20.3 Å². The second-order valence-corrected chi connectivity index (χ2v) is 9.20. The fourth-order valence-electron chi connectivity index (χ4n) is 4.12. The average Bonchev–Trinajstić information content (AvgIpc) is 3.42. The molecule has 0 unspecified atom stereocenters. The molecule has 1 saturated carbocycles. The number of oxazole rings is 1. The van der Waals surface area contributed by atoms with Crippen molar-refractivity contribution in [2.45, 2.75) is 50.9 Å². The number of likely N-dealkylation sites (tertiary alicyclic amines) is 1. The third-order valence-corrected chi connectivity index (χ3v) is 6.20. The predicted octanol–water partition coefficient (Wildman–Crippen LogP) is 2.78. The number of aliphatic carboxylic acids is 1. The highest BCUT2D eigenvalue weighted by molar-refractivity contribution is 5.97. The molecule has 14 heteroatoms. The lowest BCUT2D eigenvalue weighted by Crippen LogP contribution is -2.42. The molecule has 3 atom stereocenters. The molecule has 206 valence electrons. The van der Waals surface area contributed by atoms with Crippen molar-refractivity contribution in [1.29, 1.82) is 0 Å². The van der Waals surface area contributed by atoms with Gasteiger partial charge in [-0.1, -0.05) is 0 Å². The van der Waals surface area contributed by atoms with Crippen molar-refractivity contribution in [2.24, 2.45) is 11.7 Å². The van der Waals surface area contributed by atoms with E-state index in [9.17, 15) is 28.3 Å². The Kier molecular flexibility index (Phi) is 7.99. The fraction of sp³-hybridized carbons (Fsp3) is 0.500. The number of aromatic nitrogens is 1. The van der Waals surface area contributed by atoms with Gasteiger partial charge >= 0.3 is 18.7 Å². The smallest absolute Gasteiger partial charge is 0.407 e. The topological polar surface area (TPSA) is 166 Å².